The Bertz CT molecular complexity index is 249. The summed E-state index contributed by atoms with van der Waals surface area (Å²) in [5.74, 6) is 0. The summed E-state index contributed by atoms with van der Waals surface area (Å²) in [6, 6.07) is 0.535. The molecule has 0 spiro atoms. The Kier molecular flexibility index (Phi) is 3.90. The van der Waals surface area contributed by atoms with Crippen LogP contribution >= 0.6 is 0 Å². The highest BCUT2D eigenvalue weighted by atomic mass is 14.9. The molecule has 2 heteroatoms. The van der Waals surface area contributed by atoms with E-state index in [4.69, 9.17) is 0 Å². The van der Waals surface area contributed by atoms with E-state index in [0.717, 1.165) is 18.7 Å². The average molecular weight is 178 g/mol. The molecule has 0 saturated carbocycles. The third kappa shape index (κ3) is 4.04. The van der Waals surface area contributed by atoms with Gasteiger partial charge in [-0.2, -0.15) is 0 Å². The number of rotatable bonds is 0. The smallest absolute Gasteiger partial charge is 0.0333 e. The van der Waals surface area contributed by atoms with Gasteiger partial charge in [0.1, 0.15) is 0 Å². The van der Waals surface area contributed by atoms with Crippen molar-refractivity contribution in [2.24, 2.45) is 4.99 Å². The van der Waals surface area contributed by atoms with Gasteiger partial charge in [0.2, 0.25) is 0 Å². The maximum absolute atomic E-state index is 4.34. The van der Waals surface area contributed by atoms with Gasteiger partial charge in [-0.25, -0.2) is 0 Å². The molecule has 0 aliphatic carbocycles. The summed E-state index contributed by atoms with van der Waals surface area (Å²) >= 11 is 0. The highest BCUT2D eigenvalue weighted by Gasteiger charge is 1.98. The average Bonchev–Trinajstić information content (AvgIpc) is 2.10. The highest BCUT2D eigenvalue weighted by molar-refractivity contribution is 5.78. The molecular formula is C11H18N2. The first-order valence-corrected chi connectivity index (χ1v) is 4.79. The maximum Gasteiger partial charge on any atom is 0.0333 e. The fraction of sp³-hybridized carbons (Fsp3) is 0.545. The van der Waals surface area contributed by atoms with Crippen LogP contribution in [0.5, 0.6) is 0 Å². The normalized spacial score (nSPS) is 29.0. The number of hydrogen-bond acceptors (Lipinski definition) is 2. The Balaban J connectivity index is 2.73. The number of hydrogen-bond donors (Lipinski definition) is 1. The lowest BCUT2D eigenvalue weighted by Crippen LogP contribution is -2.25. The first-order valence-electron chi connectivity index (χ1n) is 4.79. The van der Waals surface area contributed by atoms with Gasteiger partial charge in [0, 0.05) is 24.5 Å². The van der Waals surface area contributed by atoms with Crippen molar-refractivity contribution in [1.82, 2.24) is 5.32 Å². The van der Waals surface area contributed by atoms with E-state index in [2.05, 4.69) is 36.3 Å². The van der Waals surface area contributed by atoms with Gasteiger partial charge < -0.3 is 5.32 Å². The zero-order chi connectivity index (χ0) is 9.68. The van der Waals surface area contributed by atoms with Crippen LogP contribution in [0.2, 0.25) is 0 Å². The first-order chi connectivity index (χ1) is 6.18. The third-order valence-electron chi connectivity index (χ3n) is 2.13. The second kappa shape index (κ2) is 4.97. The monoisotopic (exact) mass is 178 g/mol. The largest absolute Gasteiger partial charge is 0.310 e. The van der Waals surface area contributed by atoms with Gasteiger partial charge in [-0.3, -0.25) is 4.99 Å². The predicted octanol–water partition coefficient (Wildman–Crippen LogP) is 2.29. The zero-order valence-electron chi connectivity index (χ0n) is 8.67. The number of nitrogens with one attached hydrogen (secondary N) is 1. The van der Waals surface area contributed by atoms with Crippen LogP contribution in [0.3, 0.4) is 0 Å². The molecule has 1 rings (SSSR count). The molecular weight excluding hydrogens is 160 g/mol. The van der Waals surface area contributed by atoms with Crippen LogP contribution in [-0.2, 0) is 0 Å². The Labute approximate surface area is 80.4 Å². The molecule has 0 aromatic carbocycles. The van der Waals surface area contributed by atoms with E-state index in [1.54, 1.807) is 0 Å². The molecule has 0 radical (unpaired) electrons. The van der Waals surface area contributed by atoms with Crippen molar-refractivity contribution in [2.75, 3.05) is 6.54 Å². The molecule has 0 bridgehead atoms. The molecule has 1 atom stereocenters. The predicted molar refractivity (Wildman–Crippen MR) is 58.1 cm³/mol. The summed E-state index contributed by atoms with van der Waals surface area (Å²) in [6.45, 7) is 7.24. The van der Waals surface area contributed by atoms with Crippen molar-refractivity contribution in [3.8, 4) is 0 Å². The maximum atomic E-state index is 4.34. The number of aliphatic imine (C=N–C) groups is 1. The topological polar surface area (TPSA) is 24.4 Å². The summed E-state index contributed by atoms with van der Waals surface area (Å²) in [7, 11) is 0. The molecule has 0 aromatic rings. The van der Waals surface area contributed by atoms with Gasteiger partial charge >= 0.3 is 0 Å². The Morgan fingerprint density at radius 3 is 2.92 bits per heavy atom. The molecule has 0 amide bonds. The van der Waals surface area contributed by atoms with Crippen molar-refractivity contribution in [1.29, 1.82) is 0 Å². The van der Waals surface area contributed by atoms with Gasteiger partial charge in [0.25, 0.3) is 0 Å². The van der Waals surface area contributed by atoms with Gasteiger partial charge in [-0.05, 0) is 32.8 Å². The van der Waals surface area contributed by atoms with Crippen LogP contribution in [0.25, 0.3) is 0 Å². The quantitative estimate of drug-likeness (QED) is 0.604. The van der Waals surface area contributed by atoms with E-state index in [0.29, 0.717) is 6.04 Å². The summed E-state index contributed by atoms with van der Waals surface area (Å²) < 4.78 is 0. The second-order valence-corrected chi connectivity index (χ2v) is 3.60. The molecule has 72 valence electrons. The van der Waals surface area contributed by atoms with E-state index in [9.17, 15) is 0 Å². The van der Waals surface area contributed by atoms with Gasteiger partial charge in [0.05, 0.1) is 0 Å². The Morgan fingerprint density at radius 2 is 2.15 bits per heavy atom. The van der Waals surface area contributed by atoms with Gasteiger partial charge in [-0.15, -0.1) is 0 Å². The van der Waals surface area contributed by atoms with Crippen LogP contribution in [0.15, 0.2) is 28.4 Å². The number of nitrogens with zero attached hydrogens (tertiary/aromatic N) is 1. The molecule has 1 aliphatic heterocycles. The minimum Gasteiger partial charge on any atom is -0.310 e. The molecule has 1 N–H and O–H groups in total. The van der Waals surface area contributed by atoms with Crippen molar-refractivity contribution in [3.05, 3.63) is 23.4 Å². The molecule has 0 fully saturated rings. The van der Waals surface area contributed by atoms with Crippen molar-refractivity contribution < 1.29 is 0 Å². The molecule has 0 aromatic heterocycles. The summed E-state index contributed by atoms with van der Waals surface area (Å²) in [5.41, 5.74) is 2.32. The van der Waals surface area contributed by atoms with E-state index >= 15 is 0 Å². The van der Waals surface area contributed by atoms with E-state index < -0.39 is 0 Å². The van der Waals surface area contributed by atoms with Crippen LogP contribution < -0.4 is 5.32 Å². The molecule has 13 heavy (non-hydrogen) atoms. The van der Waals surface area contributed by atoms with Gasteiger partial charge in [-0.1, -0.05) is 12.2 Å². The standard InChI is InChI=1S/C11H18N2/c1-9-6-7-12-10(2)4-5-11(3)13-8-9/h5-6,8,10,12H,4,7H2,1-3H3/b9-6?,11-5-,13-8?. The van der Waals surface area contributed by atoms with E-state index in [-0.39, 0.29) is 0 Å². The van der Waals surface area contributed by atoms with Crippen molar-refractivity contribution >= 4 is 6.21 Å². The molecule has 2 nitrogen and oxygen atoms in total. The highest BCUT2D eigenvalue weighted by Crippen LogP contribution is 2.02. The molecule has 1 heterocycles. The molecule has 0 saturated heterocycles. The summed E-state index contributed by atoms with van der Waals surface area (Å²) in [5, 5.41) is 3.42. The van der Waals surface area contributed by atoms with Crippen LogP contribution in [0.1, 0.15) is 27.2 Å². The lowest BCUT2D eigenvalue weighted by molar-refractivity contribution is 0.588. The first kappa shape index (κ1) is 10.2. The third-order valence-corrected chi connectivity index (χ3v) is 2.13. The summed E-state index contributed by atoms with van der Waals surface area (Å²) in [6.07, 6.45) is 7.31. The van der Waals surface area contributed by atoms with E-state index in [1.165, 1.54) is 5.57 Å². The van der Waals surface area contributed by atoms with E-state index in [1.807, 2.05) is 13.1 Å². The number of allylic oxidation sites excluding steroid dienone is 2. The minimum absolute atomic E-state index is 0.535. The lowest BCUT2D eigenvalue weighted by Gasteiger charge is -2.11. The SMILES string of the molecule is CC1=CCNC(C)C/C=C(/C)N=C1. The fourth-order valence-electron chi connectivity index (χ4n) is 1.16. The van der Waals surface area contributed by atoms with Crippen LogP contribution in [0.4, 0.5) is 0 Å². The summed E-state index contributed by atoms with van der Waals surface area (Å²) in [4.78, 5) is 4.34. The van der Waals surface area contributed by atoms with Crippen molar-refractivity contribution in [2.45, 2.75) is 33.2 Å². The molecule has 1 aliphatic rings. The second-order valence-electron chi connectivity index (χ2n) is 3.60. The van der Waals surface area contributed by atoms with Gasteiger partial charge in [0.15, 0.2) is 0 Å². The Morgan fingerprint density at radius 1 is 1.38 bits per heavy atom. The molecule has 1 unspecified atom stereocenters. The minimum atomic E-state index is 0.535. The fourth-order valence-corrected chi connectivity index (χ4v) is 1.16. The van der Waals surface area contributed by atoms with Crippen LogP contribution in [0, 0.1) is 0 Å². The van der Waals surface area contributed by atoms with Crippen molar-refractivity contribution in [3.63, 3.8) is 0 Å². The zero-order valence-corrected chi connectivity index (χ0v) is 8.67. The lowest BCUT2D eigenvalue weighted by atomic mass is 10.2. The van der Waals surface area contributed by atoms with Crippen LogP contribution in [-0.4, -0.2) is 18.8 Å². The Hall–Kier alpha value is -0.890.